The Bertz CT molecular complexity index is 381. The van der Waals surface area contributed by atoms with Gasteiger partial charge >= 0.3 is 0 Å². The van der Waals surface area contributed by atoms with Crippen LogP contribution in [0, 0.1) is 0 Å². The van der Waals surface area contributed by atoms with Gasteiger partial charge in [-0.25, -0.2) is 0 Å². The molecule has 0 spiro atoms. The molecule has 0 fully saturated rings. The Morgan fingerprint density at radius 1 is 1.18 bits per heavy atom. The van der Waals surface area contributed by atoms with E-state index in [1.807, 2.05) is 25.1 Å². The molecular weight excluding hydrogens is 218 g/mol. The highest BCUT2D eigenvalue weighted by atomic mass is 16.6. The molecule has 1 aliphatic rings. The minimum Gasteiger partial charge on any atom is -0.486 e. The zero-order valence-corrected chi connectivity index (χ0v) is 10.5. The minimum absolute atomic E-state index is 0.156. The molecule has 4 heteroatoms. The third-order valence-electron chi connectivity index (χ3n) is 3.01. The maximum absolute atomic E-state index is 5.54. The van der Waals surface area contributed by atoms with Crippen LogP contribution >= 0.6 is 0 Å². The number of nitrogens with one attached hydrogen (secondary N) is 1. The molecule has 2 rings (SSSR count). The topological polar surface area (TPSA) is 39.7 Å². The Kier molecular flexibility index (Phi) is 3.74. The summed E-state index contributed by atoms with van der Waals surface area (Å²) >= 11 is 0. The lowest BCUT2D eigenvalue weighted by atomic mass is 10.2. The lowest BCUT2D eigenvalue weighted by molar-refractivity contribution is 0.106. The van der Waals surface area contributed by atoms with Gasteiger partial charge in [-0.3, -0.25) is 0 Å². The molecule has 2 unspecified atom stereocenters. The molecule has 0 amide bonds. The van der Waals surface area contributed by atoms with Crippen molar-refractivity contribution in [2.45, 2.75) is 26.0 Å². The summed E-state index contributed by atoms with van der Waals surface area (Å²) in [6.07, 6.45) is 0.156. The summed E-state index contributed by atoms with van der Waals surface area (Å²) in [5.74, 6) is 1.62. The van der Waals surface area contributed by atoms with Gasteiger partial charge in [-0.2, -0.15) is 0 Å². The molecule has 0 aliphatic carbocycles. The molecule has 1 aromatic rings. The molecule has 1 heterocycles. The van der Waals surface area contributed by atoms with Gasteiger partial charge in [0.1, 0.15) is 13.2 Å². The van der Waals surface area contributed by atoms with Crippen LogP contribution in [0.2, 0.25) is 0 Å². The van der Waals surface area contributed by atoms with Crippen molar-refractivity contribution in [3.8, 4) is 11.5 Å². The lowest BCUT2D eigenvalue weighted by Crippen LogP contribution is -2.29. The zero-order chi connectivity index (χ0) is 12.3. The van der Waals surface area contributed by atoms with Gasteiger partial charge in [0.15, 0.2) is 11.5 Å². The van der Waals surface area contributed by atoms with Gasteiger partial charge in [-0.05, 0) is 26.0 Å². The summed E-state index contributed by atoms with van der Waals surface area (Å²) in [5.41, 5.74) is 1.02. The highest BCUT2D eigenvalue weighted by Gasteiger charge is 2.14. The van der Waals surface area contributed by atoms with E-state index in [0.717, 1.165) is 17.2 Å². The second-order valence-electron chi connectivity index (χ2n) is 4.23. The molecule has 0 saturated carbocycles. The fourth-order valence-corrected chi connectivity index (χ4v) is 1.72. The molecule has 0 bridgehead atoms. The van der Waals surface area contributed by atoms with Gasteiger partial charge in [0.2, 0.25) is 0 Å². The van der Waals surface area contributed by atoms with Crippen LogP contribution < -0.4 is 14.8 Å². The third-order valence-corrected chi connectivity index (χ3v) is 3.01. The minimum atomic E-state index is 0.156. The van der Waals surface area contributed by atoms with Crippen LogP contribution in [0.3, 0.4) is 0 Å². The Hall–Kier alpha value is -1.42. The highest BCUT2D eigenvalue weighted by Crippen LogP contribution is 2.32. The predicted molar refractivity (Wildman–Crippen MR) is 67.0 cm³/mol. The largest absolute Gasteiger partial charge is 0.486 e. The van der Waals surface area contributed by atoms with Gasteiger partial charge in [0.25, 0.3) is 0 Å². The average molecular weight is 237 g/mol. The van der Waals surface area contributed by atoms with E-state index < -0.39 is 0 Å². The molecule has 1 N–H and O–H groups in total. The molecule has 0 saturated heterocycles. The SMILES string of the molecule is COC(C)C(C)Nc1ccc2c(c1)OCCO2. The molecule has 2 atom stereocenters. The van der Waals surface area contributed by atoms with Gasteiger partial charge < -0.3 is 19.5 Å². The van der Waals surface area contributed by atoms with Gasteiger partial charge in [0.05, 0.1) is 6.10 Å². The van der Waals surface area contributed by atoms with E-state index in [9.17, 15) is 0 Å². The molecule has 1 aliphatic heterocycles. The standard InChI is InChI=1S/C13H19NO3/c1-9(10(2)15-3)14-11-4-5-12-13(8-11)17-7-6-16-12/h4-5,8-10,14H,6-7H2,1-3H3. The predicted octanol–water partition coefficient (Wildman–Crippen LogP) is 2.29. The van der Waals surface area contributed by atoms with Crippen molar-refractivity contribution >= 4 is 5.69 Å². The molecule has 1 aromatic carbocycles. The number of ether oxygens (including phenoxy) is 3. The van der Waals surface area contributed by atoms with E-state index in [4.69, 9.17) is 14.2 Å². The fourth-order valence-electron chi connectivity index (χ4n) is 1.72. The van der Waals surface area contributed by atoms with E-state index in [-0.39, 0.29) is 12.1 Å². The number of hydrogen-bond donors (Lipinski definition) is 1. The van der Waals surface area contributed by atoms with Crippen molar-refractivity contribution in [2.24, 2.45) is 0 Å². The van der Waals surface area contributed by atoms with Crippen LogP contribution in [0.5, 0.6) is 11.5 Å². The summed E-state index contributed by atoms with van der Waals surface area (Å²) in [6, 6.07) is 6.13. The summed E-state index contributed by atoms with van der Waals surface area (Å²) in [4.78, 5) is 0. The summed E-state index contributed by atoms with van der Waals surface area (Å²) in [6.45, 7) is 5.36. The molecule has 17 heavy (non-hydrogen) atoms. The van der Waals surface area contributed by atoms with Crippen LogP contribution in [0.4, 0.5) is 5.69 Å². The third kappa shape index (κ3) is 2.82. The quantitative estimate of drug-likeness (QED) is 0.872. The smallest absolute Gasteiger partial charge is 0.163 e. The number of anilines is 1. The van der Waals surface area contributed by atoms with E-state index in [2.05, 4.69) is 12.2 Å². The van der Waals surface area contributed by atoms with Crippen molar-refractivity contribution in [2.75, 3.05) is 25.6 Å². The highest BCUT2D eigenvalue weighted by molar-refractivity contribution is 5.55. The first-order chi connectivity index (χ1) is 8.20. The first kappa shape index (κ1) is 12.0. The fraction of sp³-hybridized carbons (Fsp3) is 0.538. The number of methoxy groups -OCH3 is 1. The van der Waals surface area contributed by atoms with Crippen molar-refractivity contribution in [1.29, 1.82) is 0 Å². The first-order valence-electron chi connectivity index (χ1n) is 5.89. The summed E-state index contributed by atoms with van der Waals surface area (Å²) < 4.78 is 16.3. The average Bonchev–Trinajstić information content (AvgIpc) is 2.37. The molecule has 0 radical (unpaired) electrons. The van der Waals surface area contributed by atoms with Crippen molar-refractivity contribution in [1.82, 2.24) is 0 Å². The first-order valence-corrected chi connectivity index (χ1v) is 5.89. The second-order valence-corrected chi connectivity index (χ2v) is 4.23. The molecule has 94 valence electrons. The van der Waals surface area contributed by atoms with Gasteiger partial charge in [-0.1, -0.05) is 0 Å². The van der Waals surface area contributed by atoms with Crippen molar-refractivity contribution in [3.63, 3.8) is 0 Å². The maximum Gasteiger partial charge on any atom is 0.163 e. The normalized spacial score (nSPS) is 17.4. The monoisotopic (exact) mass is 237 g/mol. The van der Waals surface area contributed by atoms with Gasteiger partial charge in [0, 0.05) is 24.9 Å². The van der Waals surface area contributed by atoms with Crippen LogP contribution in [-0.2, 0) is 4.74 Å². The van der Waals surface area contributed by atoms with E-state index in [1.165, 1.54) is 0 Å². The summed E-state index contributed by atoms with van der Waals surface area (Å²) in [7, 11) is 1.71. The van der Waals surface area contributed by atoms with Crippen LogP contribution in [-0.4, -0.2) is 32.5 Å². The summed E-state index contributed by atoms with van der Waals surface area (Å²) in [5, 5.41) is 3.38. The Labute approximate surface area is 102 Å². The number of hydrogen-bond acceptors (Lipinski definition) is 4. The molecular formula is C13H19NO3. The van der Waals surface area contributed by atoms with E-state index >= 15 is 0 Å². The van der Waals surface area contributed by atoms with E-state index in [1.54, 1.807) is 7.11 Å². The van der Waals surface area contributed by atoms with Crippen LogP contribution in [0.1, 0.15) is 13.8 Å². The lowest BCUT2D eigenvalue weighted by Gasteiger charge is -2.23. The number of benzene rings is 1. The number of rotatable bonds is 4. The maximum atomic E-state index is 5.54. The van der Waals surface area contributed by atoms with Crippen LogP contribution in [0.25, 0.3) is 0 Å². The van der Waals surface area contributed by atoms with Crippen molar-refractivity contribution < 1.29 is 14.2 Å². The Morgan fingerprint density at radius 2 is 1.88 bits per heavy atom. The van der Waals surface area contributed by atoms with E-state index in [0.29, 0.717) is 13.2 Å². The zero-order valence-electron chi connectivity index (χ0n) is 10.5. The van der Waals surface area contributed by atoms with Crippen molar-refractivity contribution in [3.05, 3.63) is 18.2 Å². The van der Waals surface area contributed by atoms with Crippen LogP contribution in [0.15, 0.2) is 18.2 Å². The van der Waals surface area contributed by atoms with Gasteiger partial charge in [-0.15, -0.1) is 0 Å². The molecule has 4 nitrogen and oxygen atoms in total. The Balaban J connectivity index is 2.06. The molecule has 0 aromatic heterocycles. The second kappa shape index (κ2) is 5.27. The Morgan fingerprint density at radius 3 is 2.59 bits per heavy atom. The number of fused-ring (bicyclic) bond motifs is 1.